The van der Waals surface area contributed by atoms with E-state index in [0.717, 1.165) is 28.0 Å². The van der Waals surface area contributed by atoms with Crippen LogP contribution in [0.4, 0.5) is 11.4 Å². The maximum Gasteiger partial charge on any atom is 0.263 e. The third kappa shape index (κ3) is 2.01. The number of amides is 1. The first-order valence-electron chi connectivity index (χ1n) is 8.10. The minimum Gasteiger partial charge on any atom is -0.464 e. The van der Waals surface area contributed by atoms with Crippen LogP contribution < -0.4 is 20.5 Å². The first kappa shape index (κ1) is 14.5. The number of hydrogen-bond donors (Lipinski definition) is 2. The van der Waals surface area contributed by atoms with Gasteiger partial charge in [-0.1, -0.05) is 60.7 Å². The van der Waals surface area contributed by atoms with Gasteiger partial charge in [-0.25, -0.2) is 0 Å². The quantitative estimate of drug-likeness (QED) is 0.655. The lowest BCUT2D eigenvalue weighted by Gasteiger charge is -2.41. The highest BCUT2D eigenvalue weighted by Gasteiger charge is 2.57. The van der Waals surface area contributed by atoms with Crippen LogP contribution in [0.15, 0.2) is 78.9 Å². The fourth-order valence-corrected chi connectivity index (χ4v) is 5.74. The Balaban J connectivity index is 1.77. The van der Waals surface area contributed by atoms with Crippen molar-refractivity contribution in [3.63, 3.8) is 0 Å². The molecule has 4 nitrogen and oxygen atoms in total. The van der Waals surface area contributed by atoms with Crippen LogP contribution in [0.2, 0.25) is 0 Å². The summed E-state index contributed by atoms with van der Waals surface area (Å²) in [7, 11) is -1.29. The molecule has 0 bridgehead atoms. The van der Waals surface area contributed by atoms with Crippen LogP contribution in [-0.4, -0.2) is 5.91 Å². The van der Waals surface area contributed by atoms with Crippen molar-refractivity contribution >= 4 is 30.7 Å². The third-order valence-corrected chi connectivity index (χ3v) is 6.89. The van der Waals surface area contributed by atoms with Gasteiger partial charge in [-0.2, -0.15) is 0 Å². The Kier molecular flexibility index (Phi) is 3.09. The van der Waals surface area contributed by atoms with Crippen molar-refractivity contribution in [2.24, 2.45) is 0 Å². The summed E-state index contributed by atoms with van der Waals surface area (Å²) in [6, 6.07) is 25.6. The monoisotopic (exact) mass is 346 g/mol. The SMILES string of the molecule is O=C1Nc2ccccc2C12Nc1ccccc1OP2c1ccccc1. The molecule has 5 rings (SSSR count). The molecule has 5 heteroatoms. The van der Waals surface area contributed by atoms with E-state index in [-0.39, 0.29) is 5.91 Å². The van der Waals surface area contributed by atoms with Gasteiger partial charge in [-0.3, -0.25) is 4.79 Å². The molecule has 2 unspecified atom stereocenters. The van der Waals surface area contributed by atoms with Crippen LogP contribution in [0.3, 0.4) is 0 Å². The molecule has 25 heavy (non-hydrogen) atoms. The number of carbonyl (C=O) groups excluding carboxylic acids is 1. The maximum absolute atomic E-state index is 13.2. The predicted molar refractivity (Wildman–Crippen MR) is 100 cm³/mol. The van der Waals surface area contributed by atoms with Crippen molar-refractivity contribution in [2.45, 2.75) is 5.28 Å². The summed E-state index contributed by atoms with van der Waals surface area (Å²) in [5.41, 5.74) is 2.61. The molecule has 2 aliphatic heterocycles. The molecule has 2 N–H and O–H groups in total. The number of benzene rings is 3. The zero-order chi connectivity index (χ0) is 16.9. The van der Waals surface area contributed by atoms with Gasteiger partial charge < -0.3 is 15.2 Å². The number of nitrogens with one attached hydrogen (secondary N) is 2. The lowest BCUT2D eigenvalue weighted by Crippen LogP contribution is -2.45. The molecule has 3 aromatic rings. The molecule has 0 fully saturated rings. The molecule has 2 heterocycles. The van der Waals surface area contributed by atoms with E-state index in [1.807, 2.05) is 78.9 Å². The van der Waals surface area contributed by atoms with Crippen LogP contribution in [0.1, 0.15) is 5.56 Å². The van der Waals surface area contributed by atoms with E-state index in [2.05, 4.69) is 10.6 Å². The number of rotatable bonds is 1. The summed E-state index contributed by atoms with van der Waals surface area (Å²) < 4.78 is 6.42. The zero-order valence-corrected chi connectivity index (χ0v) is 14.2. The van der Waals surface area contributed by atoms with Crippen molar-refractivity contribution < 1.29 is 9.32 Å². The summed E-state index contributed by atoms with van der Waals surface area (Å²) in [5, 5.41) is 6.63. The molecule has 1 spiro atoms. The molecule has 1 amide bonds. The highest BCUT2D eigenvalue weighted by atomic mass is 31.1. The Hall–Kier alpha value is -2.84. The second-order valence-corrected chi connectivity index (χ2v) is 8.01. The minimum atomic E-state index is -1.29. The molecule has 3 aromatic carbocycles. The van der Waals surface area contributed by atoms with Crippen molar-refractivity contribution in [3.05, 3.63) is 84.4 Å². The number of fused-ring (bicyclic) bond motifs is 3. The minimum absolute atomic E-state index is 0.0711. The summed E-state index contributed by atoms with van der Waals surface area (Å²) in [4.78, 5) is 13.2. The topological polar surface area (TPSA) is 50.4 Å². The Labute approximate surface area is 146 Å². The molecule has 0 aliphatic carbocycles. The Bertz CT molecular complexity index is 976. The molecule has 0 saturated heterocycles. The summed E-state index contributed by atoms with van der Waals surface area (Å²) in [6.07, 6.45) is 0. The highest BCUT2D eigenvalue weighted by molar-refractivity contribution is 7.63. The number of anilines is 2. The normalized spacial score (nSPS) is 23.2. The Morgan fingerprint density at radius 2 is 1.48 bits per heavy atom. The molecule has 2 aliphatic rings. The smallest absolute Gasteiger partial charge is 0.263 e. The van der Waals surface area contributed by atoms with Gasteiger partial charge in [-0.05, 0) is 18.2 Å². The van der Waals surface area contributed by atoms with E-state index in [9.17, 15) is 4.79 Å². The van der Waals surface area contributed by atoms with Gasteiger partial charge in [0.15, 0.2) is 8.15 Å². The third-order valence-electron chi connectivity index (χ3n) is 4.58. The Morgan fingerprint density at radius 1 is 0.800 bits per heavy atom. The standard InChI is InChI=1S/C20H15N2O2P/c23-19-20(15-10-4-5-11-16(15)21-19)22-17-12-6-7-13-18(17)24-25(20)14-8-2-1-3-9-14/h1-13,22H,(H,21,23). The van der Waals surface area contributed by atoms with Gasteiger partial charge in [0, 0.05) is 16.6 Å². The van der Waals surface area contributed by atoms with E-state index in [1.54, 1.807) is 0 Å². The van der Waals surface area contributed by atoms with Gasteiger partial charge in [0.1, 0.15) is 5.75 Å². The van der Waals surface area contributed by atoms with E-state index >= 15 is 0 Å². The fourth-order valence-electron chi connectivity index (χ4n) is 3.44. The predicted octanol–water partition coefficient (Wildman–Crippen LogP) is 4.02. The van der Waals surface area contributed by atoms with Gasteiger partial charge in [0.05, 0.1) is 5.69 Å². The van der Waals surface area contributed by atoms with Crippen molar-refractivity contribution in [1.82, 2.24) is 0 Å². The van der Waals surface area contributed by atoms with Crippen LogP contribution in [-0.2, 0) is 10.1 Å². The molecule has 122 valence electrons. The summed E-state index contributed by atoms with van der Waals surface area (Å²) in [5.74, 6) is 0.707. The van der Waals surface area contributed by atoms with Crippen molar-refractivity contribution in [2.75, 3.05) is 10.6 Å². The van der Waals surface area contributed by atoms with Crippen LogP contribution in [0.25, 0.3) is 0 Å². The van der Waals surface area contributed by atoms with Crippen LogP contribution in [0, 0.1) is 0 Å². The van der Waals surface area contributed by atoms with E-state index in [4.69, 9.17) is 4.52 Å². The highest BCUT2D eigenvalue weighted by Crippen LogP contribution is 2.63. The molecule has 0 radical (unpaired) electrons. The largest absolute Gasteiger partial charge is 0.464 e. The van der Waals surface area contributed by atoms with Crippen molar-refractivity contribution in [3.8, 4) is 5.75 Å². The molecule has 2 atom stereocenters. The summed E-state index contributed by atoms with van der Waals surface area (Å²) in [6.45, 7) is 0. The Morgan fingerprint density at radius 3 is 2.32 bits per heavy atom. The zero-order valence-electron chi connectivity index (χ0n) is 13.3. The number of para-hydroxylation sites is 3. The second kappa shape index (κ2) is 5.33. The lowest BCUT2D eigenvalue weighted by atomic mass is 10.1. The second-order valence-electron chi connectivity index (χ2n) is 6.05. The van der Waals surface area contributed by atoms with Crippen molar-refractivity contribution in [1.29, 1.82) is 0 Å². The molecule has 0 saturated carbocycles. The maximum atomic E-state index is 13.2. The van der Waals surface area contributed by atoms with E-state index in [0.29, 0.717) is 0 Å². The average Bonchev–Trinajstić information content (AvgIpc) is 2.94. The first-order chi connectivity index (χ1) is 12.3. The number of carbonyl (C=O) groups is 1. The molecule has 0 aromatic heterocycles. The van der Waals surface area contributed by atoms with Gasteiger partial charge >= 0.3 is 0 Å². The van der Waals surface area contributed by atoms with Crippen LogP contribution in [0.5, 0.6) is 5.75 Å². The summed E-state index contributed by atoms with van der Waals surface area (Å²) >= 11 is 0. The average molecular weight is 346 g/mol. The van der Waals surface area contributed by atoms with Gasteiger partial charge in [-0.15, -0.1) is 0 Å². The van der Waals surface area contributed by atoms with Gasteiger partial charge in [0.2, 0.25) is 5.28 Å². The lowest BCUT2D eigenvalue weighted by molar-refractivity contribution is -0.117. The first-order valence-corrected chi connectivity index (χ1v) is 9.36. The number of hydrogen-bond acceptors (Lipinski definition) is 3. The van der Waals surface area contributed by atoms with Crippen LogP contribution >= 0.6 is 8.15 Å². The van der Waals surface area contributed by atoms with E-state index in [1.165, 1.54) is 0 Å². The fraction of sp³-hybridized carbons (Fsp3) is 0.0500. The van der Waals surface area contributed by atoms with E-state index < -0.39 is 13.4 Å². The van der Waals surface area contributed by atoms with Gasteiger partial charge in [0.25, 0.3) is 5.91 Å². The molecular weight excluding hydrogens is 331 g/mol. The molecular formula is C20H15N2O2P.